The number of aromatic nitrogens is 4. The van der Waals surface area contributed by atoms with Gasteiger partial charge in [-0.3, -0.25) is 0 Å². The van der Waals surface area contributed by atoms with E-state index in [2.05, 4.69) is 206 Å². The zero-order valence-electron chi connectivity index (χ0n) is 35.4. The fraction of sp³-hybridized carbons (Fsp3) is 0.0164. The highest BCUT2D eigenvalue weighted by molar-refractivity contribution is 6.03. The molecule has 11 aromatic rings. The normalized spacial score (nSPS) is 12.4. The lowest BCUT2D eigenvalue weighted by Crippen LogP contribution is -2.28. The van der Waals surface area contributed by atoms with Crippen LogP contribution in [0.1, 0.15) is 22.3 Å². The Morgan fingerprint density at radius 2 is 0.708 bits per heavy atom. The first-order valence-electron chi connectivity index (χ1n) is 22.0. The lowest BCUT2D eigenvalue weighted by molar-refractivity contribution is 0.769. The van der Waals surface area contributed by atoms with Crippen LogP contribution in [0.5, 0.6) is 0 Å². The van der Waals surface area contributed by atoms with E-state index < -0.39 is 5.41 Å². The third-order valence-electron chi connectivity index (χ3n) is 12.8. The lowest BCUT2D eigenvalue weighted by Gasteiger charge is -2.34. The van der Waals surface area contributed by atoms with Gasteiger partial charge < -0.3 is 0 Å². The number of nitrogens with zero attached hydrogens (tertiary/aromatic N) is 4. The number of benzene rings is 9. The predicted molar refractivity (Wildman–Crippen MR) is 265 cm³/mol. The van der Waals surface area contributed by atoms with Gasteiger partial charge in [-0.1, -0.05) is 206 Å². The largest absolute Gasteiger partial charge is 0.248 e. The summed E-state index contributed by atoms with van der Waals surface area (Å²) in [6, 6.07) is 86.0. The van der Waals surface area contributed by atoms with Crippen LogP contribution in [-0.4, -0.2) is 19.9 Å². The summed E-state index contributed by atoms with van der Waals surface area (Å²) >= 11 is 0. The number of hydrogen-bond donors (Lipinski definition) is 0. The first-order chi connectivity index (χ1) is 32.2. The molecule has 12 rings (SSSR count). The summed E-state index contributed by atoms with van der Waals surface area (Å²) in [6.45, 7) is 0. The molecular formula is C61H40N4. The van der Waals surface area contributed by atoms with E-state index in [1.807, 2.05) is 36.4 Å². The highest BCUT2D eigenvalue weighted by Crippen LogP contribution is 2.57. The molecule has 2 heterocycles. The molecule has 304 valence electrons. The number of fused-ring (bicyclic) bond motifs is 4. The molecule has 0 radical (unpaired) electrons. The van der Waals surface area contributed by atoms with Crippen LogP contribution in [0.15, 0.2) is 243 Å². The molecule has 4 heteroatoms. The van der Waals surface area contributed by atoms with Gasteiger partial charge >= 0.3 is 0 Å². The zero-order chi connectivity index (χ0) is 43.2. The summed E-state index contributed by atoms with van der Waals surface area (Å²) in [4.78, 5) is 21.0. The quantitative estimate of drug-likeness (QED) is 0.153. The van der Waals surface area contributed by atoms with Crippen LogP contribution in [0.25, 0.3) is 89.7 Å². The van der Waals surface area contributed by atoms with Crippen LogP contribution in [0.3, 0.4) is 0 Å². The molecule has 1 aliphatic rings. The van der Waals surface area contributed by atoms with Crippen molar-refractivity contribution < 1.29 is 0 Å². The number of pyridine rings is 1. The van der Waals surface area contributed by atoms with Gasteiger partial charge in [-0.15, -0.1) is 0 Å². The van der Waals surface area contributed by atoms with Crippen molar-refractivity contribution in [1.82, 2.24) is 19.9 Å². The van der Waals surface area contributed by atoms with Crippen molar-refractivity contribution in [2.45, 2.75) is 5.41 Å². The van der Waals surface area contributed by atoms with Crippen molar-refractivity contribution in [3.63, 3.8) is 0 Å². The van der Waals surface area contributed by atoms with Gasteiger partial charge in [-0.2, -0.15) is 0 Å². The van der Waals surface area contributed by atoms with E-state index in [1.165, 1.54) is 33.4 Å². The van der Waals surface area contributed by atoms with Crippen molar-refractivity contribution >= 4 is 10.9 Å². The second-order valence-corrected chi connectivity index (χ2v) is 16.6. The van der Waals surface area contributed by atoms with Crippen LogP contribution >= 0.6 is 0 Å². The topological polar surface area (TPSA) is 51.6 Å². The minimum Gasteiger partial charge on any atom is -0.248 e. The third-order valence-corrected chi connectivity index (χ3v) is 12.8. The van der Waals surface area contributed by atoms with Crippen molar-refractivity contribution in [2.75, 3.05) is 0 Å². The molecule has 1 aliphatic carbocycles. The molecule has 65 heavy (non-hydrogen) atoms. The standard InChI is InChI=1S/C61H40N4/c1-7-21-41(22-8-1)45-35-46(37-47(36-45)60-64-58(43-25-11-3-12-26-43)63-59(65-60)44-27-13-4-14-28-44)51-39-56(42-23-9-2-10-24-42)62-57-40-55-52(38-53(51)57)50-33-19-20-34-54(50)61(55,48-29-15-5-16-30-48)49-31-17-6-18-32-49/h1-40H. The Balaban J connectivity index is 1.16. The molecule has 0 bridgehead atoms. The molecule has 0 unspecified atom stereocenters. The van der Waals surface area contributed by atoms with Crippen molar-refractivity contribution in [3.05, 3.63) is 265 Å². The Morgan fingerprint density at radius 3 is 1.28 bits per heavy atom. The first kappa shape index (κ1) is 38.1. The monoisotopic (exact) mass is 828 g/mol. The summed E-state index contributed by atoms with van der Waals surface area (Å²) < 4.78 is 0. The second-order valence-electron chi connectivity index (χ2n) is 16.6. The molecule has 0 saturated heterocycles. The van der Waals surface area contributed by atoms with Crippen LogP contribution in [0.2, 0.25) is 0 Å². The molecule has 9 aromatic carbocycles. The molecule has 0 spiro atoms. The highest BCUT2D eigenvalue weighted by Gasteiger charge is 2.46. The summed E-state index contributed by atoms with van der Waals surface area (Å²) in [5.74, 6) is 1.84. The molecular weight excluding hydrogens is 789 g/mol. The van der Waals surface area contributed by atoms with E-state index in [1.54, 1.807) is 0 Å². The summed E-state index contributed by atoms with van der Waals surface area (Å²) in [6.07, 6.45) is 0. The van der Waals surface area contributed by atoms with Gasteiger partial charge in [0.05, 0.1) is 16.6 Å². The lowest BCUT2D eigenvalue weighted by atomic mass is 9.67. The van der Waals surface area contributed by atoms with Gasteiger partial charge in [0.25, 0.3) is 0 Å². The van der Waals surface area contributed by atoms with Crippen molar-refractivity contribution in [3.8, 4) is 78.8 Å². The average molecular weight is 829 g/mol. The van der Waals surface area contributed by atoms with Crippen LogP contribution in [0, 0.1) is 0 Å². The van der Waals surface area contributed by atoms with Gasteiger partial charge in [0.15, 0.2) is 17.5 Å². The Kier molecular flexibility index (Phi) is 9.35. The highest BCUT2D eigenvalue weighted by atomic mass is 15.0. The number of rotatable bonds is 8. The maximum Gasteiger partial charge on any atom is 0.164 e. The first-order valence-corrected chi connectivity index (χ1v) is 22.0. The summed E-state index contributed by atoms with van der Waals surface area (Å²) in [7, 11) is 0. The molecule has 0 amide bonds. The molecule has 0 fully saturated rings. The van der Waals surface area contributed by atoms with E-state index in [-0.39, 0.29) is 0 Å². The van der Waals surface area contributed by atoms with Gasteiger partial charge in [-0.25, -0.2) is 19.9 Å². The Hall–Kier alpha value is -8.60. The van der Waals surface area contributed by atoms with Crippen molar-refractivity contribution in [2.24, 2.45) is 0 Å². The fourth-order valence-corrected chi connectivity index (χ4v) is 9.80. The molecule has 2 aromatic heterocycles. The molecule has 4 nitrogen and oxygen atoms in total. The van der Waals surface area contributed by atoms with E-state index in [9.17, 15) is 0 Å². The van der Waals surface area contributed by atoms with Gasteiger partial charge in [0, 0.05) is 27.6 Å². The fourth-order valence-electron chi connectivity index (χ4n) is 9.80. The Bertz CT molecular complexity index is 3410. The minimum absolute atomic E-state index is 0.556. The SMILES string of the molecule is c1ccc(-c2cc(-c3nc(-c4ccccc4)nc(-c4ccccc4)n3)cc(-c3cc(-c4ccccc4)nc4cc5c(cc34)-c3ccccc3C5(c3ccccc3)c3ccccc3)c2)cc1. The van der Waals surface area contributed by atoms with Crippen molar-refractivity contribution in [1.29, 1.82) is 0 Å². The van der Waals surface area contributed by atoms with E-state index in [4.69, 9.17) is 19.9 Å². The molecule has 0 saturated carbocycles. The maximum absolute atomic E-state index is 5.54. The molecule has 0 aliphatic heterocycles. The summed E-state index contributed by atoms with van der Waals surface area (Å²) in [5.41, 5.74) is 16.7. The second kappa shape index (κ2) is 15.9. The number of hydrogen-bond acceptors (Lipinski definition) is 4. The average Bonchev–Trinajstić information content (AvgIpc) is 3.68. The predicted octanol–water partition coefficient (Wildman–Crippen LogP) is 14.8. The smallest absolute Gasteiger partial charge is 0.164 e. The molecule has 0 atom stereocenters. The third kappa shape index (κ3) is 6.63. The van der Waals surface area contributed by atoms with Crippen LogP contribution < -0.4 is 0 Å². The van der Waals surface area contributed by atoms with E-state index in [0.29, 0.717) is 17.5 Å². The van der Waals surface area contributed by atoms with Gasteiger partial charge in [-0.05, 0) is 92.0 Å². The molecule has 0 N–H and O–H groups in total. The summed E-state index contributed by atoms with van der Waals surface area (Å²) in [5, 5.41) is 1.07. The van der Waals surface area contributed by atoms with E-state index in [0.717, 1.165) is 61.1 Å². The minimum atomic E-state index is -0.556. The Morgan fingerprint density at radius 1 is 0.262 bits per heavy atom. The Labute approximate surface area is 378 Å². The zero-order valence-corrected chi connectivity index (χ0v) is 35.4. The van der Waals surface area contributed by atoms with Gasteiger partial charge in [0.1, 0.15) is 0 Å². The van der Waals surface area contributed by atoms with Crippen LogP contribution in [0.4, 0.5) is 0 Å². The van der Waals surface area contributed by atoms with E-state index >= 15 is 0 Å². The maximum atomic E-state index is 5.54. The van der Waals surface area contributed by atoms with Gasteiger partial charge in [0.2, 0.25) is 0 Å². The van der Waals surface area contributed by atoms with Crippen LogP contribution in [-0.2, 0) is 5.41 Å².